The molecule has 0 saturated carbocycles. The first kappa shape index (κ1) is 18.0. The number of aliphatic hydroxyl groups is 1. The third-order valence-corrected chi connectivity index (χ3v) is 4.03. The van der Waals surface area contributed by atoms with Gasteiger partial charge in [-0.2, -0.15) is 0 Å². The SMILES string of the molecule is COc1cnc(-c2cc3[nH]c(CNC(=O)NCCO)cc3cc2Cl)cn1. The third kappa shape index (κ3) is 4.04. The van der Waals surface area contributed by atoms with Crippen LogP contribution >= 0.6 is 11.6 Å². The van der Waals surface area contributed by atoms with Crippen molar-refractivity contribution in [3.05, 3.63) is 41.3 Å². The van der Waals surface area contributed by atoms with E-state index >= 15 is 0 Å². The minimum absolute atomic E-state index is 0.102. The van der Waals surface area contributed by atoms with Crippen LogP contribution in [0.2, 0.25) is 5.02 Å². The number of aliphatic hydroxyl groups excluding tert-OH is 1. The number of aromatic amines is 1. The number of carbonyl (C=O) groups excluding carboxylic acids is 1. The van der Waals surface area contributed by atoms with Crippen LogP contribution < -0.4 is 15.4 Å². The first-order valence-electron chi connectivity index (χ1n) is 7.91. The van der Waals surface area contributed by atoms with Gasteiger partial charge in [-0.1, -0.05) is 11.6 Å². The number of methoxy groups -OCH3 is 1. The van der Waals surface area contributed by atoms with Gasteiger partial charge in [0.2, 0.25) is 5.88 Å². The zero-order valence-corrected chi connectivity index (χ0v) is 14.8. The van der Waals surface area contributed by atoms with Crippen LogP contribution in [0.15, 0.2) is 30.6 Å². The van der Waals surface area contributed by atoms with Crippen LogP contribution in [-0.4, -0.2) is 46.4 Å². The Kier molecular flexibility index (Phi) is 5.55. The number of benzene rings is 1. The molecule has 0 bridgehead atoms. The molecule has 0 radical (unpaired) electrons. The molecule has 3 rings (SSSR count). The molecule has 0 aliphatic carbocycles. The number of ether oxygens (including phenoxy) is 1. The van der Waals surface area contributed by atoms with Crippen molar-refractivity contribution in [3.63, 3.8) is 0 Å². The Balaban J connectivity index is 1.80. The highest BCUT2D eigenvalue weighted by Gasteiger charge is 2.11. The topological polar surface area (TPSA) is 112 Å². The molecule has 0 saturated heterocycles. The minimum atomic E-state index is -0.343. The second-order valence-corrected chi connectivity index (χ2v) is 5.90. The number of rotatable bonds is 6. The van der Waals surface area contributed by atoms with Crippen LogP contribution in [0.5, 0.6) is 5.88 Å². The van der Waals surface area contributed by atoms with Crippen molar-refractivity contribution >= 4 is 28.5 Å². The number of aromatic nitrogens is 3. The van der Waals surface area contributed by atoms with Crippen molar-refractivity contribution in [2.75, 3.05) is 20.3 Å². The molecule has 0 atom stereocenters. The number of hydrogen-bond acceptors (Lipinski definition) is 5. The van der Waals surface area contributed by atoms with Gasteiger partial charge in [-0.15, -0.1) is 0 Å². The summed E-state index contributed by atoms with van der Waals surface area (Å²) in [6, 6.07) is 5.30. The summed E-state index contributed by atoms with van der Waals surface area (Å²) < 4.78 is 5.01. The van der Waals surface area contributed by atoms with Crippen LogP contribution in [-0.2, 0) is 6.54 Å². The Bertz CT molecular complexity index is 911. The molecule has 0 aliphatic rings. The van der Waals surface area contributed by atoms with Crippen molar-refractivity contribution in [2.24, 2.45) is 0 Å². The van der Waals surface area contributed by atoms with Crippen molar-refractivity contribution < 1.29 is 14.6 Å². The van der Waals surface area contributed by atoms with E-state index in [1.165, 1.54) is 13.3 Å². The van der Waals surface area contributed by atoms with Gasteiger partial charge in [-0.3, -0.25) is 0 Å². The second-order valence-electron chi connectivity index (χ2n) is 5.49. The zero-order valence-electron chi connectivity index (χ0n) is 14.0. The summed E-state index contributed by atoms with van der Waals surface area (Å²) in [5, 5.41) is 15.4. The Morgan fingerprint density at radius 1 is 1.27 bits per heavy atom. The molecule has 0 fully saturated rings. The number of nitrogens with one attached hydrogen (secondary N) is 3. The number of hydrogen-bond donors (Lipinski definition) is 4. The lowest BCUT2D eigenvalue weighted by molar-refractivity contribution is 0.234. The maximum Gasteiger partial charge on any atom is 0.315 e. The fourth-order valence-electron chi connectivity index (χ4n) is 2.47. The summed E-state index contributed by atoms with van der Waals surface area (Å²) in [5.74, 6) is 0.429. The molecule has 2 heterocycles. The molecule has 0 spiro atoms. The van der Waals surface area contributed by atoms with Crippen molar-refractivity contribution in [2.45, 2.75) is 6.54 Å². The number of nitrogens with zero attached hydrogens (tertiary/aromatic N) is 2. The third-order valence-electron chi connectivity index (χ3n) is 3.71. The van der Waals surface area contributed by atoms with E-state index in [1.54, 1.807) is 6.20 Å². The van der Waals surface area contributed by atoms with Gasteiger partial charge in [0.25, 0.3) is 0 Å². The first-order chi connectivity index (χ1) is 12.6. The molecule has 3 aromatic rings. The van der Waals surface area contributed by atoms with E-state index in [-0.39, 0.29) is 19.2 Å². The lowest BCUT2D eigenvalue weighted by Gasteiger charge is -2.05. The number of urea groups is 1. The lowest BCUT2D eigenvalue weighted by atomic mass is 10.1. The van der Waals surface area contributed by atoms with Gasteiger partial charge in [0.15, 0.2) is 0 Å². The van der Waals surface area contributed by atoms with Crippen LogP contribution in [0, 0.1) is 0 Å². The molecule has 2 amide bonds. The number of fused-ring (bicyclic) bond motifs is 1. The molecule has 8 nitrogen and oxygen atoms in total. The summed E-state index contributed by atoms with van der Waals surface area (Å²) in [6.45, 7) is 0.428. The van der Waals surface area contributed by atoms with E-state index < -0.39 is 0 Å². The average molecular weight is 376 g/mol. The average Bonchev–Trinajstić information content (AvgIpc) is 3.05. The summed E-state index contributed by atoms with van der Waals surface area (Å²) in [7, 11) is 1.53. The van der Waals surface area contributed by atoms with Crippen molar-refractivity contribution in [3.8, 4) is 17.1 Å². The van der Waals surface area contributed by atoms with E-state index in [9.17, 15) is 4.79 Å². The van der Waals surface area contributed by atoms with Gasteiger partial charge >= 0.3 is 6.03 Å². The number of carbonyl (C=O) groups is 1. The van der Waals surface area contributed by atoms with Gasteiger partial charge in [-0.25, -0.2) is 14.8 Å². The molecule has 0 aliphatic heterocycles. The Morgan fingerprint density at radius 2 is 2.12 bits per heavy atom. The number of H-pyrrole nitrogens is 1. The predicted octanol–water partition coefficient (Wildman–Crippen LogP) is 2.08. The molecule has 4 N–H and O–H groups in total. The molecule has 1 aromatic carbocycles. The van der Waals surface area contributed by atoms with Crippen molar-refractivity contribution in [1.29, 1.82) is 0 Å². The molecule has 136 valence electrons. The quantitative estimate of drug-likeness (QED) is 0.527. The second kappa shape index (κ2) is 8.03. The summed E-state index contributed by atoms with van der Waals surface area (Å²) >= 11 is 6.39. The highest BCUT2D eigenvalue weighted by Crippen LogP contribution is 2.31. The van der Waals surface area contributed by atoms with Crippen LogP contribution in [0.25, 0.3) is 22.2 Å². The van der Waals surface area contributed by atoms with Gasteiger partial charge in [0, 0.05) is 28.7 Å². The predicted molar refractivity (Wildman–Crippen MR) is 98.2 cm³/mol. The zero-order chi connectivity index (χ0) is 18.5. The molecule has 2 aromatic heterocycles. The lowest BCUT2D eigenvalue weighted by Crippen LogP contribution is -2.36. The fourth-order valence-corrected chi connectivity index (χ4v) is 2.74. The molecule has 9 heteroatoms. The summed E-state index contributed by atoms with van der Waals surface area (Å²) in [6.07, 6.45) is 3.13. The van der Waals surface area contributed by atoms with Gasteiger partial charge in [-0.05, 0) is 18.2 Å². The van der Waals surface area contributed by atoms with Crippen LogP contribution in [0.3, 0.4) is 0 Å². The standard InChI is InChI=1S/C17H18ClN5O3/c1-26-16-9-20-15(8-21-16)12-6-14-10(5-13(12)18)4-11(23-14)7-22-17(25)19-2-3-24/h4-6,8-9,23-24H,2-3,7H2,1H3,(H2,19,22,25). The van der Waals surface area contributed by atoms with Crippen LogP contribution in [0.1, 0.15) is 5.69 Å². The monoisotopic (exact) mass is 375 g/mol. The number of amides is 2. The van der Waals surface area contributed by atoms with E-state index in [1.807, 2.05) is 18.2 Å². The molecule has 26 heavy (non-hydrogen) atoms. The van der Waals surface area contributed by atoms with Crippen LogP contribution in [0.4, 0.5) is 4.79 Å². The van der Waals surface area contributed by atoms with E-state index in [4.69, 9.17) is 21.4 Å². The van der Waals surface area contributed by atoms with Gasteiger partial charge < -0.3 is 25.5 Å². The van der Waals surface area contributed by atoms with Crippen molar-refractivity contribution in [1.82, 2.24) is 25.6 Å². The highest BCUT2D eigenvalue weighted by molar-refractivity contribution is 6.34. The maximum atomic E-state index is 11.5. The van der Waals surface area contributed by atoms with E-state index in [0.29, 0.717) is 23.1 Å². The van der Waals surface area contributed by atoms with E-state index in [2.05, 4.69) is 25.6 Å². The summed E-state index contributed by atoms with van der Waals surface area (Å²) in [5.41, 5.74) is 3.08. The van der Waals surface area contributed by atoms with Gasteiger partial charge in [0.1, 0.15) is 0 Å². The smallest absolute Gasteiger partial charge is 0.315 e. The Morgan fingerprint density at radius 3 is 2.81 bits per heavy atom. The Hall–Kier alpha value is -2.84. The van der Waals surface area contributed by atoms with E-state index in [0.717, 1.165) is 22.2 Å². The normalized spacial score (nSPS) is 10.7. The minimum Gasteiger partial charge on any atom is -0.480 e. The summed E-state index contributed by atoms with van der Waals surface area (Å²) in [4.78, 5) is 23.2. The number of halogens is 1. The van der Waals surface area contributed by atoms with Gasteiger partial charge in [0.05, 0.1) is 43.4 Å². The molecular weight excluding hydrogens is 358 g/mol. The first-order valence-corrected chi connectivity index (χ1v) is 8.28. The molecule has 0 unspecified atom stereocenters. The Labute approximate surface area is 154 Å². The highest BCUT2D eigenvalue weighted by atomic mass is 35.5. The largest absolute Gasteiger partial charge is 0.480 e. The molecular formula is C17H18ClN5O3. The maximum absolute atomic E-state index is 11.5. The fraction of sp³-hybridized carbons (Fsp3) is 0.235.